The molecule has 0 bridgehead atoms. The molecule has 6 heteroatoms. The summed E-state index contributed by atoms with van der Waals surface area (Å²) < 4.78 is 25.1. The van der Waals surface area contributed by atoms with Crippen molar-refractivity contribution >= 4 is 33.0 Å². The number of rotatable bonds is 8. The van der Waals surface area contributed by atoms with Crippen LogP contribution in [0.25, 0.3) is 0 Å². The number of alkyl halides is 1. The summed E-state index contributed by atoms with van der Waals surface area (Å²) in [6.07, 6.45) is 2.16. The molecule has 0 amide bonds. The second-order valence-corrected chi connectivity index (χ2v) is 7.47. The average molecular weight is 296 g/mol. The first-order valence-electron chi connectivity index (χ1n) is 5.58. The summed E-state index contributed by atoms with van der Waals surface area (Å²) in [5.41, 5.74) is 0. The highest BCUT2D eigenvalue weighted by Gasteiger charge is 2.16. The molecule has 98 valence electrons. The van der Waals surface area contributed by atoms with Crippen molar-refractivity contribution in [3.8, 4) is 0 Å². The van der Waals surface area contributed by atoms with Gasteiger partial charge in [-0.1, -0.05) is 6.07 Å². The van der Waals surface area contributed by atoms with Gasteiger partial charge in [-0.3, -0.25) is 0 Å². The zero-order valence-corrected chi connectivity index (χ0v) is 12.3. The molecule has 0 saturated heterocycles. The van der Waals surface area contributed by atoms with Gasteiger partial charge < -0.3 is 0 Å². The molecule has 3 nitrogen and oxygen atoms in total. The Kier molecular flexibility index (Phi) is 6.48. The van der Waals surface area contributed by atoms with Gasteiger partial charge in [0.05, 0.1) is 5.75 Å². The Morgan fingerprint density at radius 2 is 2.18 bits per heavy atom. The van der Waals surface area contributed by atoms with Crippen molar-refractivity contribution in [2.45, 2.75) is 19.3 Å². The van der Waals surface area contributed by atoms with Crippen molar-refractivity contribution in [2.24, 2.45) is 0 Å². The summed E-state index contributed by atoms with van der Waals surface area (Å²) in [7, 11) is -1.46. The van der Waals surface area contributed by atoms with Crippen LogP contribution in [-0.2, 0) is 16.4 Å². The molecule has 0 unspecified atom stereocenters. The highest BCUT2D eigenvalue weighted by molar-refractivity contribution is 7.89. The monoisotopic (exact) mass is 295 g/mol. The standard InChI is InChI=1S/C11H18ClNO2S2/c1-13(8-6-11-5-4-9-16-11)17(14,15)10-3-2-7-12/h4-5,9H,2-3,6-8,10H2,1H3. The predicted octanol–water partition coefficient (Wildman–Crippen LogP) is 2.57. The van der Waals surface area contributed by atoms with E-state index in [1.165, 1.54) is 9.18 Å². The first-order valence-corrected chi connectivity index (χ1v) is 8.61. The number of thiophene rings is 1. The molecule has 1 aromatic rings. The van der Waals surface area contributed by atoms with Gasteiger partial charge in [0.15, 0.2) is 0 Å². The Morgan fingerprint density at radius 3 is 2.76 bits per heavy atom. The van der Waals surface area contributed by atoms with E-state index in [0.717, 1.165) is 12.8 Å². The topological polar surface area (TPSA) is 37.4 Å². The highest BCUT2D eigenvalue weighted by atomic mass is 35.5. The van der Waals surface area contributed by atoms with Crippen molar-refractivity contribution in [1.82, 2.24) is 4.31 Å². The fraction of sp³-hybridized carbons (Fsp3) is 0.636. The smallest absolute Gasteiger partial charge is 0.212 e. The van der Waals surface area contributed by atoms with Crippen LogP contribution in [0.1, 0.15) is 17.7 Å². The Bertz CT molecular complexity index is 403. The summed E-state index contributed by atoms with van der Waals surface area (Å²) in [5, 5.41) is 2.00. The number of nitrogens with zero attached hydrogens (tertiary/aromatic N) is 1. The van der Waals surface area contributed by atoms with Crippen molar-refractivity contribution in [2.75, 3.05) is 25.2 Å². The van der Waals surface area contributed by atoms with Gasteiger partial charge in [-0.15, -0.1) is 22.9 Å². The normalized spacial score (nSPS) is 12.2. The molecular formula is C11H18ClNO2S2. The molecule has 0 aliphatic carbocycles. The lowest BCUT2D eigenvalue weighted by Crippen LogP contribution is -2.31. The summed E-state index contributed by atoms with van der Waals surface area (Å²) in [4.78, 5) is 1.22. The zero-order chi connectivity index (χ0) is 12.7. The van der Waals surface area contributed by atoms with E-state index in [-0.39, 0.29) is 5.75 Å². The SMILES string of the molecule is CN(CCc1cccs1)S(=O)(=O)CCCCCl. The minimum atomic E-state index is -3.11. The van der Waals surface area contributed by atoms with Crippen LogP contribution in [-0.4, -0.2) is 37.9 Å². The van der Waals surface area contributed by atoms with Crippen LogP contribution in [0.15, 0.2) is 17.5 Å². The first kappa shape index (κ1) is 15.0. The molecule has 1 heterocycles. The van der Waals surface area contributed by atoms with E-state index < -0.39 is 10.0 Å². The molecule has 0 aliphatic rings. The summed E-state index contributed by atoms with van der Waals surface area (Å²) in [6.45, 7) is 0.545. The Balaban J connectivity index is 2.37. The molecular weight excluding hydrogens is 278 g/mol. The van der Waals surface area contributed by atoms with Gasteiger partial charge >= 0.3 is 0 Å². The van der Waals surface area contributed by atoms with E-state index in [4.69, 9.17) is 11.6 Å². The lowest BCUT2D eigenvalue weighted by atomic mass is 10.3. The quantitative estimate of drug-likeness (QED) is 0.546. The van der Waals surface area contributed by atoms with E-state index in [2.05, 4.69) is 0 Å². The Hall–Kier alpha value is -0.100. The number of unbranched alkanes of at least 4 members (excludes halogenated alkanes) is 1. The summed E-state index contributed by atoms with van der Waals surface area (Å²) in [5.74, 6) is 0.717. The Labute approximate surface area is 112 Å². The van der Waals surface area contributed by atoms with Crippen molar-refractivity contribution < 1.29 is 8.42 Å². The molecule has 1 rings (SSSR count). The third-order valence-electron chi connectivity index (χ3n) is 2.51. The zero-order valence-electron chi connectivity index (χ0n) is 9.93. The van der Waals surface area contributed by atoms with E-state index in [9.17, 15) is 8.42 Å². The number of sulfonamides is 1. The van der Waals surface area contributed by atoms with Crippen molar-refractivity contribution in [3.05, 3.63) is 22.4 Å². The number of hydrogen-bond acceptors (Lipinski definition) is 3. The highest BCUT2D eigenvalue weighted by Crippen LogP contribution is 2.11. The fourth-order valence-corrected chi connectivity index (χ4v) is 3.53. The minimum absolute atomic E-state index is 0.195. The molecule has 0 fully saturated rings. The van der Waals surface area contributed by atoms with Gasteiger partial charge in [0.2, 0.25) is 10.0 Å². The molecule has 0 N–H and O–H groups in total. The summed E-state index contributed by atoms with van der Waals surface area (Å²) in [6, 6.07) is 4.01. The second-order valence-electron chi connectivity index (χ2n) is 3.86. The fourth-order valence-electron chi connectivity index (χ4n) is 1.40. The van der Waals surface area contributed by atoms with Gasteiger partial charge in [0, 0.05) is 24.3 Å². The van der Waals surface area contributed by atoms with Crippen LogP contribution >= 0.6 is 22.9 Å². The number of hydrogen-bond donors (Lipinski definition) is 0. The van der Waals surface area contributed by atoms with Gasteiger partial charge in [0.1, 0.15) is 0 Å². The third kappa shape index (κ3) is 5.38. The number of likely N-dealkylation sites (N-methyl/N-ethyl adjacent to an activating group) is 1. The molecule has 0 spiro atoms. The van der Waals surface area contributed by atoms with Crippen LogP contribution < -0.4 is 0 Å². The molecule has 0 saturated carbocycles. The van der Waals surface area contributed by atoms with Crippen LogP contribution in [0.5, 0.6) is 0 Å². The lowest BCUT2D eigenvalue weighted by molar-refractivity contribution is 0.472. The van der Waals surface area contributed by atoms with E-state index in [0.29, 0.717) is 18.8 Å². The predicted molar refractivity (Wildman–Crippen MR) is 74.4 cm³/mol. The molecule has 17 heavy (non-hydrogen) atoms. The van der Waals surface area contributed by atoms with Crippen LogP contribution in [0.3, 0.4) is 0 Å². The third-order valence-corrected chi connectivity index (χ3v) is 5.65. The minimum Gasteiger partial charge on any atom is -0.212 e. The van der Waals surface area contributed by atoms with E-state index in [1.807, 2.05) is 17.5 Å². The second kappa shape index (κ2) is 7.36. The molecule has 0 aliphatic heterocycles. The van der Waals surface area contributed by atoms with Crippen molar-refractivity contribution in [1.29, 1.82) is 0 Å². The summed E-state index contributed by atoms with van der Waals surface area (Å²) >= 11 is 7.19. The van der Waals surface area contributed by atoms with Gasteiger partial charge in [-0.25, -0.2) is 12.7 Å². The van der Waals surface area contributed by atoms with Crippen molar-refractivity contribution in [3.63, 3.8) is 0 Å². The molecule has 0 aromatic carbocycles. The first-order chi connectivity index (χ1) is 8.06. The van der Waals surface area contributed by atoms with Gasteiger partial charge in [-0.2, -0.15) is 0 Å². The van der Waals surface area contributed by atoms with Gasteiger partial charge in [-0.05, 0) is 30.7 Å². The lowest BCUT2D eigenvalue weighted by Gasteiger charge is -2.16. The average Bonchev–Trinajstić information content (AvgIpc) is 2.78. The van der Waals surface area contributed by atoms with E-state index >= 15 is 0 Å². The maximum atomic E-state index is 11.9. The maximum Gasteiger partial charge on any atom is 0.213 e. The molecule has 0 radical (unpaired) electrons. The Morgan fingerprint density at radius 1 is 1.41 bits per heavy atom. The van der Waals surface area contributed by atoms with Gasteiger partial charge in [0.25, 0.3) is 0 Å². The molecule has 1 aromatic heterocycles. The van der Waals surface area contributed by atoms with Crippen LogP contribution in [0.2, 0.25) is 0 Å². The number of halogens is 1. The van der Waals surface area contributed by atoms with E-state index in [1.54, 1.807) is 18.4 Å². The largest absolute Gasteiger partial charge is 0.213 e. The van der Waals surface area contributed by atoms with Crippen LogP contribution in [0, 0.1) is 0 Å². The molecule has 0 atom stereocenters. The van der Waals surface area contributed by atoms with Crippen LogP contribution in [0.4, 0.5) is 0 Å². The maximum absolute atomic E-state index is 11.9.